The van der Waals surface area contributed by atoms with Crippen LogP contribution < -0.4 is 0 Å². The summed E-state index contributed by atoms with van der Waals surface area (Å²) < 4.78 is 11.0. The predicted octanol–water partition coefficient (Wildman–Crippen LogP) is 5.99. The third kappa shape index (κ3) is 15.0. The van der Waals surface area contributed by atoms with E-state index in [1.54, 1.807) is 6.08 Å². The Bertz CT molecular complexity index is 334. The first-order valence-corrected chi connectivity index (χ1v) is 8.96. The molecule has 0 aliphatic rings. The number of rotatable bonds is 13. The molecule has 0 aromatic rings. The van der Waals surface area contributed by atoms with Crippen molar-refractivity contribution in [2.75, 3.05) is 13.2 Å². The first kappa shape index (κ1) is 20.6. The van der Waals surface area contributed by atoms with Crippen molar-refractivity contribution >= 4 is 0 Å². The van der Waals surface area contributed by atoms with Crippen LogP contribution in [0.15, 0.2) is 24.2 Å². The molecule has 0 aromatic heterocycles. The van der Waals surface area contributed by atoms with Gasteiger partial charge in [-0.05, 0) is 31.8 Å². The second-order valence-corrected chi connectivity index (χ2v) is 5.41. The largest absolute Gasteiger partial charge is 0.465 e. The third-order valence-corrected chi connectivity index (χ3v) is 3.10. The van der Waals surface area contributed by atoms with Gasteiger partial charge >= 0.3 is 0 Å². The molecule has 0 saturated carbocycles. The minimum atomic E-state index is 0.542. The lowest BCUT2D eigenvalue weighted by Gasteiger charge is -2.08. The van der Waals surface area contributed by atoms with Crippen molar-refractivity contribution in [2.45, 2.75) is 78.6 Å². The molecule has 0 saturated heterocycles. The second kappa shape index (κ2) is 17.7. The normalized spacial score (nSPS) is 10.1. The zero-order valence-corrected chi connectivity index (χ0v) is 14.8. The maximum Gasteiger partial charge on any atom is 0.287 e. The Morgan fingerprint density at radius 3 is 2.05 bits per heavy atom. The minimum absolute atomic E-state index is 0.542. The first-order valence-electron chi connectivity index (χ1n) is 8.96. The summed E-state index contributed by atoms with van der Waals surface area (Å²) in [5.41, 5.74) is 0. The van der Waals surface area contributed by atoms with Crippen LogP contribution in [0.1, 0.15) is 78.6 Å². The third-order valence-electron chi connectivity index (χ3n) is 3.10. The van der Waals surface area contributed by atoms with E-state index >= 15 is 0 Å². The Hall–Kier alpha value is -1.36. The highest BCUT2D eigenvalue weighted by Crippen LogP contribution is 2.07. The molecule has 0 N–H and O–H groups in total. The van der Waals surface area contributed by atoms with Crippen LogP contribution in [0.3, 0.4) is 0 Å². The highest BCUT2D eigenvalue weighted by atomic mass is 16.7. The Morgan fingerprint density at radius 1 is 0.773 bits per heavy atom. The van der Waals surface area contributed by atoms with Gasteiger partial charge in [-0.15, -0.1) is 0 Å². The molecule has 2 nitrogen and oxygen atoms in total. The summed E-state index contributed by atoms with van der Waals surface area (Å²) in [5.74, 6) is 6.53. The van der Waals surface area contributed by atoms with Gasteiger partial charge in [-0.2, -0.15) is 0 Å². The van der Waals surface area contributed by atoms with Crippen molar-refractivity contribution in [3.05, 3.63) is 24.2 Å². The van der Waals surface area contributed by atoms with Gasteiger partial charge < -0.3 is 9.47 Å². The SMILES string of the molecule is CCCCCCCC/C=C\C#CC=C(OCCC)OCCC. The van der Waals surface area contributed by atoms with Gasteiger partial charge in [-0.3, -0.25) is 0 Å². The van der Waals surface area contributed by atoms with Crippen molar-refractivity contribution in [2.24, 2.45) is 0 Å². The van der Waals surface area contributed by atoms with Crippen LogP contribution in [0.5, 0.6) is 0 Å². The van der Waals surface area contributed by atoms with Gasteiger partial charge in [-0.1, -0.05) is 70.8 Å². The van der Waals surface area contributed by atoms with Crippen molar-refractivity contribution in [1.29, 1.82) is 0 Å². The summed E-state index contributed by atoms with van der Waals surface area (Å²) in [6.07, 6.45) is 16.9. The minimum Gasteiger partial charge on any atom is -0.465 e. The van der Waals surface area contributed by atoms with E-state index in [4.69, 9.17) is 9.47 Å². The molecule has 0 unspecified atom stereocenters. The van der Waals surface area contributed by atoms with Gasteiger partial charge in [0.25, 0.3) is 5.95 Å². The number of ether oxygens (including phenoxy) is 2. The van der Waals surface area contributed by atoms with Gasteiger partial charge in [0.2, 0.25) is 0 Å². The highest BCUT2D eigenvalue weighted by Gasteiger charge is 1.96. The topological polar surface area (TPSA) is 18.5 Å². The fourth-order valence-electron chi connectivity index (χ4n) is 1.86. The molecule has 0 spiro atoms. The molecule has 0 heterocycles. The van der Waals surface area contributed by atoms with E-state index in [-0.39, 0.29) is 0 Å². The van der Waals surface area contributed by atoms with Crippen LogP contribution in [-0.4, -0.2) is 13.2 Å². The van der Waals surface area contributed by atoms with Crippen molar-refractivity contribution in [1.82, 2.24) is 0 Å². The molecular weight excluding hydrogens is 272 g/mol. The zero-order chi connectivity index (χ0) is 16.3. The molecule has 0 fully saturated rings. The molecule has 0 radical (unpaired) electrons. The highest BCUT2D eigenvalue weighted by molar-refractivity contribution is 5.23. The molecule has 0 amide bonds. The van der Waals surface area contributed by atoms with Crippen LogP contribution in [0, 0.1) is 11.8 Å². The maximum atomic E-state index is 5.50. The number of allylic oxidation sites excluding steroid dienone is 3. The maximum absolute atomic E-state index is 5.50. The number of unbranched alkanes of at least 4 members (excludes halogenated alkanes) is 6. The van der Waals surface area contributed by atoms with Crippen LogP contribution in [0.2, 0.25) is 0 Å². The van der Waals surface area contributed by atoms with Gasteiger partial charge in [0.05, 0.1) is 19.3 Å². The summed E-state index contributed by atoms with van der Waals surface area (Å²) in [7, 11) is 0. The van der Waals surface area contributed by atoms with Crippen molar-refractivity contribution in [3.8, 4) is 11.8 Å². The molecule has 0 rings (SSSR count). The molecule has 126 valence electrons. The lowest BCUT2D eigenvalue weighted by Crippen LogP contribution is -1.99. The monoisotopic (exact) mass is 306 g/mol. The van der Waals surface area contributed by atoms with E-state index in [9.17, 15) is 0 Å². The fourth-order valence-corrected chi connectivity index (χ4v) is 1.86. The van der Waals surface area contributed by atoms with E-state index in [1.165, 1.54) is 38.5 Å². The summed E-state index contributed by atoms with van der Waals surface area (Å²) in [4.78, 5) is 0. The average Bonchev–Trinajstić information content (AvgIpc) is 2.54. The van der Waals surface area contributed by atoms with E-state index in [0.29, 0.717) is 19.2 Å². The Balaban J connectivity index is 3.87. The van der Waals surface area contributed by atoms with Crippen molar-refractivity contribution in [3.63, 3.8) is 0 Å². The van der Waals surface area contributed by atoms with E-state index in [0.717, 1.165) is 19.3 Å². The molecule has 0 aromatic carbocycles. The van der Waals surface area contributed by atoms with Crippen LogP contribution in [-0.2, 0) is 9.47 Å². The average molecular weight is 306 g/mol. The lowest BCUT2D eigenvalue weighted by atomic mass is 10.1. The quantitative estimate of drug-likeness (QED) is 0.236. The molecule has 0 aliphatic carbocycles. The summed E-state index contributed by atoms with van der Waals surface area (Å²) in [6.45, 7) is 7.75. The van der Waals surface area contributed by atoms with Crippen LogP contribution in [0.25, 0.3) is 0 Å². The molecule has 2 heteroatoms. The van der Waals surface area contributed by atoms with E-state index in [2.05, 4.69) is 38.7 Å². The summed E-state index contributed by atoms with van der Waals surface area (Å²) in [6, 6.07) is 0. The number of hydrogen-bond donors (Lipinski definition) is 0. The standard InChI is InChI=1S/C20H34O2/c1-4-7-8-9-10-11-12-13-14-15-16-17-20(21-18-5-2)22-19-6-3/h13-14,17H,4-12,18-19H2,1-3H3/b14-13-. The molecule has 22 heavy (non-hydrogen) atoms. The Labute approximate surface area is 138 Å². The smallest absolute Gasteiger partial charge is 0.287 e. The molecule has 0 bridgehead atoms. The summed E-state index contributed by atoms with van der Waals surface area (Å²) >= 11 is 0. The van der Waals surface area contributed by atoms with Gasteiger partial charge in [0.1, 0.15) is 0 Å². The fraction of sp³-hybridized carbons (Fsp3) is 0.700. The zero-order valence-electron chi connectivity index (χ0n) is 14.8. The van der Waals surface area contributed by atoms with E-state index in [1.807, 2.05) is 6.08 Å². The predicted molar refractivity (Wildman–Crippen MR) is 95.5 cm³/mol. The molecular formula is C20H34O2. The molecule has 0 atom stereocenters. The van der Waals surface area contributed by atoms with Gasteiger partial charge in [0, 0.05) is 0 Å². The first-order chi connectivity index (χ1) is 10.8. The lowest BCUT2D eigenvalue weighted by molar-refractivity contribution is 0.0361. The molecule has 0 aliphatic heterocycles. The van der Waals surface area contributed by atoms with Gasteiger partial charge in [0.15, 0.2) is 0 Å². The van der Waals surface area contributed by atoms with Crippen molar-refractivity contribution < 1.29 is 9.47 Å². The summed E-state index contributed by atoms with van der Waals surface area (Å²) in [5, 5.41) is 0. The Kier molecular flexibility index (Phi) is 16.6. The van der Waals surface area contributed by atoms with Crippen LogP contribution in [0.4, 0.5) is 0 Å². The second-order valence-electron chi connectivity index (χ2n) is 5.41. The number of hydrogen-bond acceptors (Lipinski definition) is 2. The van der Waals surface area contributed by atoms with Gasteiger partial charge in [-0.25, -0.2) is 0 Å². The van der Waals surface area contributed by atoms with E-state index < -0.39 is 0 Å². The Morgan fingerprint density at radius 2 is 1.41 bits per heavy atom. The van der Waals surface area contributed by atoms with Crippen LogP contribution >= 0.6 is 0 Å².